The van der Waals surface area contributed by atoms with Gasteiger partial charge in [0, 0.05) is 24.5 Å². The van der Waals surface area contributed by atoms with Crippen LogP contribution < -0.4 is 5.56 Å². The summed E-state index contributed by atoms with van der Waals surface area (Å²) in [4.78, 5) is 29.4. The minimum atomic E-state index is -1.06. The Morgan fingerprint density at radius 2 is 1.94 bits per heavy atom. The minimum Gasteiger partial charge on any atom is -0.480 e. The third-order valence-electron chi connectivity index (χ3n) is 5.21. The molecule has 0 fully saturated rings. The lowest BCUT2D eigenvalue weighted by atomic mass is 10.0. The van der Waals surface area contributed by atoms with E-state index in [-0.39, 0.29) is 17.9 Å². The number of fused-ring (bicyclic) bond motifs is 3. The monoisotopic (exact) mass is 440 g/mol. The predicted molar refractivity (Wildman–Crippen MR) is 117 cm³/mol. The number of carboxylic acid groups (broad SMARTS) is 1. The van der Waals surface area contributed by atoms with Crippen LogP contribution in [-0.2, 0) is 16.1 Å². The van der Waals surface area contributed by atoms with Crippen molar-refractivity contribution in [1.29, 1.82) is 0 Å². The van der Waals surface area contributed by atoms with E-state index in [1.807, 2.05) is 12.1 Å². The van der Waals surface area contributed by atoms with Gasteiger partial charge in [-0.1, -0.05) is 37.6 Å². The predicted octanol–water partition coefficient (Wildman–Crippen LogP) is 3.79. The quantitative estimate of drug-likeness (QED) is 0.489. The van der Waals surface area contributed by atoms with E-state index in [0.717, 1.165) is 11.1 Å². The second-order valence-electron chi connectivity index (χ2n) is 7.61. The summed E-state index contributed by atoms with van der Waals surface area (Å²) in [6.07, 6.45) is 2.98. The normalized spacial score (nSPS) is 12.7. The summed E-state index contributed by atoms with van der Waals surface area (Å²) >= 11 is 6.03. The highest BCUT2D eigenvalue weighted by Crippen LogP contribution is 2.30. The topological polar surface area (TPSA) is 98.7 Å². The molecule has 9 heteroatoms. The van der Waals surface area contributed by atoms with Crippen molar-refractivity contribution in [2.24, 2.45) is 5.92 Å². The fourth-order valence-electron chi connectivity index (χ4n) is 3.82. The number of aliphatic carboxylic acids is 1. The molecule has 0 spiro atoms. The van der Waals surface area contributed by atoms with Gasteiger partial charge in [0.05, 0.1) is 28.8 Å². The van der Waals surface area contributed by atoms with E-state index in [1.54, 1.807) is 43.7 Å². The Kier molecular flexibility index (Phi) is 5.51. The zero-order valence-corrected chi connectivity index (χ0v) is 18.0. The van der Waals surface area contributed by atoms with Crippen LogP contribution in [-0.4, -0.2) is 37.4 Å². The van der Waals surface area contributed by atoms with E-state index >= 15 is 0 Å². The summed E-state index contributed by atoms with van der Waals surface area (Å²) in [6, 6.07) is 8.05. The number of pyridine rings is 1. The molecule has 31 heavy (non-hydrogen) atoms. The highest BCUT2D eigenvalue weighted by atomic mass is 35.5. The lowest BCUT2D eigenvalue weighted by Crippen LogP contribution is -2.33. The van der Waals surface area contributed by atoms with E-state index in [4.69, 9.17) is 16.3 Å². The molecule has 1 atom stereocenters. The van der Waals surface area contributed by atoms with Crippen molar-refractivity contribution in [3.05, 3.63) is 63.8 Å². The fraction of sp³-hybridized carbons (Fsp3) is 0.273. The highest BCUT2D eigenvalue weighted by molar-refractivity contribution is 6.30. The van der Waals surface area contributed by atoms with Gasteiger partial charge in [-0.15, -0.1) is 0 Å². The van der Waals surface area contributed by atoms with Gasteiger partial charge >= 0.3 is 5.97 Å². The summed E-state index contributed by atoms with van der Waals surface area (Å²) in [5.41, 5.74) is 3.01. The number of carbonyl (C=O) groups is 1. The smallest absolute Gasteiger partial charge is 0.327 e. The molecule has 4 rings (SSSR count). The number of hydrogen-bond donors (Lipinski definition) is 1. The number of benzene rings is 1. The van der Waals surface area contributed by atoms with Crippen molar-refractivity contribution in [2.75, 3.05) is 7.11 Å². The zero-order valence-electron chi connectivity index (χ0n) is 17.2. The number of ether oxygens (including phenoxy) is 1. The van der Waals surface area contributed by atoms with E-state index in [2.05, 4.69) is 10.1 Å². The van der Waals surface area contributed by atoms with Crippen molar-refractivity contribution in [3.8, 4) is 11.1 Å². The molecule has 1 N–H and O–H groups in total. The molecule has 3 heterocycles. The molecule has 0 aliphatic heterocycles. The second kappa shape index (κ2) is 8.13. The van der Waals surface area contributed by atoms with E-state index < -0.39 is 17.6 Å². The van der Waals surface area contributed by atoms with Gasteiger partial charge in [0.25, 0.3) is 5.56 Å². The molecule has 0 amide bonds. The average Bonchev–Trinajstić information content (AvgIpc) is 3.08. The van der Waals surface area contributed by atoms with Crippen molar-refractivity contribution in [2.45, 2.75) is 26.5 Å². The van der Waals surface area contributed by atoms with Crippen LogP contribution in [0.25, 0.3) is 27.7 Å². The Bertz CT molecular complexity index is 1340. The number of rotatable bonds is 6. The Balaban J connectivity index is 1.99. The van der Waals surface area contributed by atoms with Crippen LogP contribution in [0.4, 0.5) is 0 Å². The Morgan fingerprint density at radius 1 is 1.23 bits per heavy atom. The SMILES string of the molecule is COCc1nn2c(ncc3c(=O)n([C@H](C(=O)O)C(C)C)ccc32)c1-c1ccc(Cl)cc1. The lowest BCUT2D eigenvalue weighted by Gasteiger charge is -2.19. The molecule has 0 aliphatic rings. The molecular formula is C22H21ClN4O4. The number of methoxy groups -OCH3 is 1. The van der Waals surface area contributed by atoms with Crippen molar-refractivity contribution in [1.82, 2.24) is 19.2 Å². The molecule has 4 aromatic rings. The summed E-state index contributed by atoms with van der Waals surface area (Å²) in [5.74, 6) is -1.32. The highest BCUT2D eigenvalue weighted by Gasteiger charge is 2.26. The Morgan fingerprint density at radius 3 is 2.55 bits per heavy atom. The molecule has 0 aliphatic carbocycles. The van der Waals surface area contributed by atoms with Crippen LogP contribution in [0.5, 0.6) is 0 Å². The van der Waals surface area contributed by atoms with Gasteiger partial charge in [0.15, 0.2) is 5.65 Å². The first-order valence-electron chi connectivity index (χ1n) is 9.72. The molecule has 1 aromatic carbocycles. The summed E-state index contributed by atoms with van der Waals surface area (Å²) in [7, 11) is 1.58. The first-order valence-corrected chi connectivity index (χ1v) is 10.1. The number of nitrogens with zero attached hydrogens (tertiary/aromatic N) is 4. The number of carboxylic acids is 1. The largest absolute Gasteiger partial charge is 0.480 e. The molecule has 0 unspecified atom stereocenters. The van der Waals surface area contributed by atoms with Crippen LogP contribution in [0.1, 0.15) is 25.6 Å². The molecule has 3 aromatic heterocycles. The van der Waals surface area contributed by atoms with Crippen LogP contribution in [0, 0.1) is 5.92 Å². The van der Waals surface area contributed by atoms with Crippen molar-refractivity contribution >= 4 is 34.1 Å². The van der Waals surface area contributed by atoms with Crippen molar-refractivity contribution < 1.29 is 14.6 Å². The first-order chi connectivity index (χ1) is 14.8. The van der Waals surface area contributed by atoms with Gasteiger partial charge in [-0.05, 0) is 29.7 Å². The molecular weight excluding hydrogens is 420 g/mol. The second-order valence-corrected chi connectivity index (χ2v) is 8.05. The summed E-state index contributed by atoms with van der Waals surface area (Å²) in [6.45, 7) is 3.79. The number of aromatic nitrogens is 4. The van der Waals surface area contributed by atoms with E-state index in [9.17, 15) is 14.7 Å². The van der Waals surface area contributed by atoms with Gasteiger partial charge in [0.2, 0.25) is 0 Å². The van der Waals surface area contributed by atoms with E-state index in [1.165, 1.54) is 17.0 Å². The zero-order chi connectivity index (χ0) is 22.3. The Labute approximate surface area is 182 Å². The summed E-state index contributed by atoms with van der Waals surface area (Å²) in [5, 5.41) is 15.1. The molecule has 0 saturated carbocycles. The summed E-state index contributed by atoms with van der Waals surface area (Å²) < 4.78 is 8.16. The third kappa shape index (κ3) is 3.58. The Hall–Kier alpha value is -3.23. The fourth-order valence-corrected chi connectivity index (χ4v) is 3.95. The molecule has 8 nitrogen and oxygen atoms in total. The standard InChI is InChI=1S/C22H21ClN4O4/c1-12(2)19(22(29)30)26-9-8-17-15(21(26)28)10-24-20-18(13-4-6-14(23)7-5-13)16(11-31-3)25-27(17)20/h4-10,12,19H,11H2,1-3H3,(H,29,30)/t19-/m0/s1. The number of hydrogen-bond acceptors (Lipinski definition) is 5. The maximum atomic E-state index is 13.1. The minimum absolute atomic E-state index is 0.258. The average molecular weight is 441 g/mol. The van der Waals surface area contributed by atoms with Crippen LogP contribution in [0.3, 0.4) is 0 Å². The van der Waals surface area contributed by atoms with Gasteiger partial charge in [-0.3, -0.25) is 4.79 Å². The van der Waals surface area contributed by atoms with Gasteiger partial charge in [-0.25, -0.2) is 14.3 Å². The maximum absolute atomic E-state index is 13.1. The van der Waals surface area contributed by atoms with Gasteiger partial charge < -0.3 is 14.4 Å². The van der Waals surface area contributed by atoms with Crippen LogP contribution in [0.2, 0.25) is 5.02 Å². The maximum Gasteiger partial charge on any atom is 0.327 e. The van der Waals surface area contributed by atoms with Crippen LogP contribution >= 0.6 is 11.6 Å². The van der Waals surface area contributed by atoms with Crippen molar-refractivity contribution in [3.63, 3.8) is 0 Å². The van der Waals surface area contributed by atoms with E-state index in [0.29, 0.717) is 21.9 Å². The molecule has 0 radical (unpaired) electrons. The lowest BCUT2D eigenvalue weighted by molar-refractivity contribution is -0.142. The third-order valence-corrected chi connectivity index (χ3v) is 5.46. The molecule has 0 saturated heterocycles. The van der Waals surface area contributed by atoms with Gasteiger partial charge in [-0.2, -0.15) is 5.10 Å². The van der Waals surface area contributed by atoms with Gasteiger partial charge in [0.1, 0.15) is 6.04 Å². The molecule has 0 bridgehead atoms. The number of halogens is 1. The first kappa shape index (κ1) is 21.0. The van der Waals surface area contributed by atoms with Crippen LogP contribution in [0.15, 0.2) is 47.5 Å². The molecule has 160 valence electrons.